The third kappa shape index (κ3) is 4.04. The van der Waals surface area contributed by atoms with Crippen molar-refractivity contribution in [1.82, 2.24) is 24.6 Å². The molecule has 1 aliphatic heterocycles. The molecule has 0 radical (unpaired) electrons. The van der Waals surface area contributed by atoms with Gasteiger partial charge in [0.2, 0.25) is 5.91 Å². The SMILES string of the molecule is O=C(CN1C(=O)c2ccccc2C1=O)Nc1ccc(Nc2cc(-n3cccn3)ncn2)cc1. The number of benzene rings is 2. The number of rotatable bonds is 6. The molecular formula is C23H17N7O3. The standard InChI is InChI=1S/C23H17N7O3/c31-21(13-29-22(32)17-4-1-2-5-18(17)23(29)33)28-16-8-6-15(7-9-16)27-19-12-20(25-14-24-19)30-11-3-10-26-30/h1-12,14H,13H2,(H,28,31)(H,24,25,27). The zero-order valence-electron chi connectivity index (χ0n) is 17.2. The minimum Gasteiger partial charge on any atom is -0.340 e. The number of imide groups is 1. The second kappa shape index (κ2) is 8.35. The van der Waals surface area contributed by atoms with Gasteiger partial charge in [0, 0.05) is 29.8 Å². The molecule has 33 heavy (non-hydrogen) atoms. The lowest BCUT2D eigenvalue weighted by Gasteiger charge is -2.14. The van der Waals surface area contributed by atoms with E-state index in [4.69, 9.17) is 0 Å². The predicted molar refractivity (Wildman–Crippen MR) is 119 cm³/mol. The van der Waals surface area contributed by atoms with Gasteiger partial charge in [0.15, 0.2) is 5.82 Å². The molecule has 0 spiro atoms. The summed E-state index contributed by atoms with van der Waals surface area (Å²) in [7, 11) is 0. The first kappa shape index (κ1) is 20.1. The maximum absolute atomic E-state index is 12.4. The molecule has 2 aromatic heterocycles. The van der Waals surface area contributed by atoms with Crippen LogP contribution in [0.15, 0.2) is 79.4 Å². The molecule has 0 saturated heterocycles. The quantitative estimate of drug-likeness (QED) is 0.443. The highest BCUT2D eigenvalue weighted by Gasteiger charge is 2.36. The summed E-state index contributed by atoms with van der Waals surface area (Å²) in [5.41, 5.74) is 1.90. The van der Waals surface area contributed by atoms with E-state index in [-0.39, 0.29) is 6.54 Å². The van der Waals surface area contributed by atoms with Gasteiger partial charge in [-0.25, -0.2) is 14.6 Å². The van der Waals surface area contributed by atoms with Crippen molar-refractivity contribution in [2.75, 3.05) is 17.2 Å². The van der Waals surface area contributed by atoms with Gasteiger partial charge in [-0.05, 0) is 42.5 Å². The molecule has 4 aromatic rings. The minimum absolute atomic E-state index is 0.311. The number of carbonyl (C=O) groups excluding carboxylic acids is 3. The lowest BCUT2D eigenvalue weighted by atomic mass is 10.1. The van der Waals surface area contributed by atoms with Gasteiger partial charge in [-0.1, -0.05) is 12.1 Å². The summed E-state index contributed by atoms with van der Waals surface area (Å²) in [5, 5.41) is 10.0. The summed E-state index contributed by atoms with van der Waals surface area (Å²) in [4.78, 5) is 46.6. The summed E-state index contributed by atoms with van der Waals surface area (Å²) < 4.78 is 1.62. The number of hydrogen-bond acceptors (Lipinski definition) is 7. The Balaban J connectivity index is 1.21. The van der Waals surface area contributed by atoms with Crippen LogP contribution in [-0.4, -0.2) is 48.9 Å². The molecule has 0 saturated carbocycles. The van der Waals surface area contributed by atoms with Crippen LogP contribution in [-0.2, 0) is 4.79 Å². The first-order chi connectivity index (χ1) is 16.1. The molecule has 0 bridgehead atoms. The first-order valence-corrected chi connectivity index (χ1v) is 10.0. The number of amides is 3. The molecule has 5 rings (SSSR count). The lowest BCUT2D eigenvalue weighted by Crippen LogP contribution is -2.37. The zero-order chi connectivity index (χ0) is 22.8. The molecule has 1 aliphatic rings. The molecule has 3 amide bonds. The van der Waals surface area contributed by atoms with Gasteiger partial charge >= 0.3 is 0 Å². The monoisotopic (exact) mass is 439 g/mol. The Hall–Kier alpha value is -4.86. The number of fused-ring (bicyclic) bond motifs is 1. The molecule has 10 heteroatoms. The fraction of sp³-hybridized carbons (Fsp3) is 0.0435. The fourth-order valence-corrected chi connectivity index (χ4v) is 3.46. The maximum Gasteiger partial charge on any atom is 0.262 e. The molecule has 3 heterocycles. The van der Waals surface area contributed by atoms with Crippen molar-refractivity contribution >= 4 is 34.9 Å². The predicted octanol–water partition coefficient (Wildman–Crippen LogP) is 2.64. The normalized spacial score (nSPS) is 12.5. The molecule has 0 unspecified atom stereocenters. The Labute approximate surface area is 187 Å². The lowest BCUT2D eigenvalue weighted by molar-refractivity contribution is -0.116. The van der Waals surface area contributed by atoms with Crippen LogP contribution in [0.2, 0.25) is 0 Å². The Morgan fingerprint density at radius 1 is 0.879 bits per heavy atom. The highest BCUT2D eigenvalue weighted by atomic mass is 16.2. The first-order valence-electron chi connectivity index (χ1n) is 10.0. The highest BCUT2D eigenvalue weighted by molar-refractivity contribution is 6.22. The van der Waals surface area contributed by atoms with Crippen LogP contribution in [0.5, 0.6) is 0 Å². The Bertz CT molecular complexity index is 1320. The fourth-order valence-electron chi connectivity index (χ4n) is 3.46. The van der Waals surface area contributed by atoms with Crippen molar-refractivity contribution in [2.45, 2.75) is 0 Å². The minimum atomic E-state index is -0.468. The van der Waals surface area contributed by atoms with Gasteiger partial charge in [0.05, 0.1) is 11.1 Å². The number of nitrogens with one attached hydrogen (secondary N) is 2. The van der Waals surface area contributed by atoms with Gasteiger partial charge in [-0.15, -0.1) is 0 Å². The molecule has 0 fully saturated rings. The second-order valence-corrected chi connectivity index (χ2v) is 7.20. The smallest absolute Gasteiger partial charge is 0.262 e. The van der Waals surface area contributed by atoms with E-state index in [2.05, 4.69) is 25.7 Å². The van der Waals surface area contributed by atoms with Crippen LogP contribution < -0.4 is 10.6 Å². The summed E-state index contributed by atoms with van der Waals surface area (Å²) in [6, 6.07) is 17.0. The summed E-state index contributed by atoms with van der Waals surface area (Å²) in [5.74, 6) is -0.202. The number of aromatic nitrogens is 4. The van der Waals surface area contributed by atoms with Crippen molar-refractivity contribution < 1.29 is 14.4 Å². The number of hydrogen-bond donors (Lipinski definition) is 2. The van der Waals surface area contributed by atoms with Crippen molar-refractivity contribution in [1.29, 1.82) is 0 Å². The van der Waals surface area contributed by atoms with E-state index >= 15 is 0 Å². The topological polar surface area (TPSA) is 122 Å². The van der Waals surface area contributed by atoms with Crippen molar-refractivity contribution in [3.05, 3.63) is 90.5 Å². The van der Waals surface area contributed by atoms with Gasteiger partial charge in [-0.3, -0.25) is 19.3 Å². The molecule has 2 N–H and O–H groups in total. The largest absolute Gasteiger partial charge is 0.340 e. The highest BCUT2D eigenvalue weighted by Crippen LogP contribution is 2.23. The summed E-state index contributed by atoms with van der Waals surface area (Å²) >= 11 is 0. The Morgan fingerprint density at radius 2 is 1.58 bits per heavy atom. The molecule has 10 nitrogen and oxygen atoms in total. The van der Waals surface area contributed by atoms with E-state index in [1.165, 1.54) is 6.33 Å². The van der Waals surface area contributed by atoms with Crippen molar-refractivity contribution in [3.63, 3.8) is 0 Å². The van der Waals surface area contributed by atoms with E-state index in [0.717, 1.165) is 10.6 Å². The van der Waals surface area contributed by atoms with E-state index < -0.39 is 17.7 Å². The maximum atomic E-state index is 12.4. The van der Waals surface area contributed by atoms with E-state index in [1.807, 2.05) is 0 Å². The molecule has 2 aromatic carbocycles. The van der Waals surface area contributed by atoms with Crippen LogP contribution in [0.1, 0.15) is 20.7 Å². The number of carbonyl (C=O) groups is 3. The van der Waals surface area contributed by atoms with E-state index in [0.29, 0.717) is 28.5 Å². The van der Waals surface area contributed by atoms with Crippen LogP contribution in [0.3, 0.4) is 0 Å². The molecule has 0 aliphatic carbocycles. The molecular weight excluding hydrogens is 422 g/mol. The van der Waals surface area contributed by atoms with Gasteiger partial charge in [0.25, 0.3) is 11.8 Å². The van der Waals surface area contributed by atoms with Gasteiger partial charge in [0.1, 0.15) is 18.7 Å². The second-order valence-electron chi connectivity index (χ2n) is 7.20. The van der Waals surface area contributed by atoms with Gasteiger partial charge in [-0.2, -0.15) is 5.10 Å². The van der Waals surface area contributed by atoms with Crippen LogP contribution in [0, 0.1) is 0 Å². The zero-order valence-corrected chi connectivity index (χ0v) is 17.2. The van der Waals surface area contributed by atoms with Gasteiger partial charge < -0.3 is 10.6 Å². The average Bonchev–Trinajstić information content (AvgIpc) is 3.45. The Morgan fingerprint density at radius 3 is 2.24 bits per heavy atom. The number of anilines is 3. The summed E-state index contributed by atoms with van der Waals surface area (Å²) in [6.45, 7) is -0.358. The molecule has 0 atom stereocenters. The van der Waals surface area contributed by atoms with Crippen LogP contribution in [0.25, 0.3) is 5.82 Å². The Kier molecular flexibility index (Phi) is 5.07. The third-order valence-electron chi connectivity index (χ3n) is 5.01. The number of nitrogens with zero attached hydrogens (tertiary/aromatic N) is 5. The third-order valence-corrected chi connectivity index (χ3v) is 5.01. The van der Waals surface area contributed by atoms with E-state index in [1.54, 1.807) is 77.7 Å². The van der Waals surface area contributed by atoms with Crippen molar-refractivity contribution in [3.8, 4) is 5.82 Å². The van der Waals surface area contributed by atoms with Crippen molar-refractivity contribution in [2.24, 2.45) is 0 Å². The van der Waals surface area contributed by atoms with Crippen LogP contribution in [0.4, 0.5) is 17.2 Å². The average molecular weight is 439 g/mol. The van der Waals surface area contributed by atoms with Crippen LogP contribution >= 0.6 is 0 Å². The molecule has 162 valence electrons. The van der Waals surface area contributed by atoms with E-state index in [9.17, 15) is 14.4 Å². The summed E-state index contributed by atoms with van der Waals surface area (Å²) in [6.07, 6.45) is 4.88.